The van der Waals surface area contributed by atoms with E-state index in [1.807, 2.05) is 0 Å². The van der Waals surface area contributed by atoms with Crippen LogP contribution in [0.4, 0.5) is 13.2 Å². The molecule has 2 aromatic heterocycles. The number of fused-ring (bicyclic) bond motifs is 3. The van der Waals surface area contributed by atoms with Crippen LogP contribution in [-0.4, -0.2) is 33.1 Å². The minimum Gasteiger partial charge on any atom is -0.465 e. The second kappa shape index (κ2) is 6.04. The third-order valence-corrected chi connectivity index (χ3v) is 4.24. The van der Waals surface area contributed by atoms with Crippen LogP contribution in [0.25, 0.3) is 27.5 Å². The quantitative estimate of drug-likeness (QED) is 0.501. The molecule has 0 aliphatic carbocycles. The van der Waals surface area contributed by atoms with Gasteiger partial charge in [-0.15, -0.1) is 5.10 Å². The van der Waals surface area contributed by atoms with Gasteiger partial charge >= 0.3 is 12.1 Å². The molecule has 2 heterocycles. The van der Waals surface area contributed by atoms with Crippen LogP contribution in [0.1, 0.15) is 15.9 Å². The van der Waals surface area contributed by atoms with Crippen LogP contribution < -0.4 is 0 Å². The fraction of sp³-hybridized carbons (Fsp3) is 0.111. The fourth-order valence-corrected chi connectivity index (χ4v) is 2.93. The van der Waals surface area contributed by atoms with Crippen LogP contribution in [0.5, 0.6) is 0 Å². The Kier molecular flexibility index (Phi) is 3.79. The van der Waals surface area contributed by atoms with Crippen LogP contribution in [0.2, 0.25) is 0 Å². The van der Waals surface area contributed by atoms with Crippen molar-refractivity contribution in [3.8, 4) is 11.1 Å². The lowest BCUT2D eigenvalue weighted by molar-refractivity contribution is -0.137. The Balaban J connectivity index is 1.95. The molecule has 27 heavy (non-hydrogen) atoms. The number of esters is 1. The number of halogens is 3. The zero-order chi connectivity index (χ0) is 19.2. The van der Waals surface area contributed by atoms with Gasteiger partial charge in [0, 0.05) is 17.1 Å². The van der Waals surface area contributed by atoms with Crippen molar-refractivity contribution >= 4 is 22.4 Å². The molecule has 0 fully saturated rings. The summed E-state index contributed by atoms with van der Waals surface area (Å²) >= 11 is 0. The number of aromatic nitrogens is 4. The van der Waals surface area contributed by atoms with Gasteiger partial charge in [0.15, 0.2) is 5.65 Å². The molecule has 0 bridgehead atoms. The number of methoxy groups -OCH3 is 1. The fourth-order valence-electron chi connectivity index (χ4n) is 2.93. The lowest BCUT2D eigenvalue weighted by Crippen LogP contribution is -2.04. The molecule has 0 N–H and O–H groups in total. The third-order valence-electron chi connectivity index (χ3n) is 4.24. The number of pyridine rings is 1. The van der Waals surface area contributed by atoms with Gasteiger partial charge < -0.3 is 4.74 Å². The first-order chi connectivity index (χ1) is 12.9. The maximum Gasteiger partial charge on any atom is 0.416 e. The number of carbonyl (C=O) groups is 1. The van der Waals surface area contributed by atoms with Crippen molar-refractivity contribution in [1.82, 2.24) is 20.0 Å². The molecule has 2 aromatic carbocycles. The molecule has 136 valence electrons. The molecule has 4 rings (SSSR count). The van der Waals surface area contributed by atoms with Gasteiger partial charge in [-0.25, -0.2) is 4.79 Å². The first-order valence-electron chi connectivity index (χ1n) is 7.79. The molecule has 0 aliphatic heterocycles. The lowest BCUT2D eigenvalue weighted by Gasteiger charge is -2.11. The van der Waals surface area contributed by atoms with Gasteiger partial charge in [-0.3, -0.25) is 0 Å². The molecule has 9 heteroatoms. The molecule has 4 aromatic rings. The van der Waals surface area contributed by atoms with E-state index in [1.165, 1.54) is 23.8 Å². The minimum atomic E-state index is -4.41. The summed E-state index contributed by atoms with van der Waals surface area (Å²) in [5, 5.41) is 12.7. The van der Waals surface area contributed by atoms with Crippen LogP contribution in [0, 0.1) is 0 Å². The topological polar surface area (TPSA) is 69.4 Å². The van der Waals surface area contributed by atoms with Crippen molar-refractivity contribution < 1.29 is 22.7 Å². The van der Waals surface area contributed by atoms with Gasteiger partial charge in [0.2, 0.25) is 0 Å². The Morgan fingerprint density at radius 3 is 2.48 bits per heavy atom. The number of tetrazole rings is 1. The molecule has 0 unspecified atom stereocenters. The number of hydrogen-bond acceptors (Lipinski definition) is 5. The molecule has 0 spiro atoms. The number of rotatable bonds is 2. The van der Waals surface area contributed by atoms with E-state index in [9.17, 15) is 18.0 Å². The summed E-state index contributed by atoms with van der Waals surface area (Å²) in [6, 6.07) is 9.71. The number of benzene rings is 2. The summed E-state index contributed by atoms with van der Waals surface area (Å²) in [5.74, 6) is -0.512. The number of nitrogens with zero attached hydrogens (tertiary/aromatic N) is 4. The molecular formula is C18H11F3N4O2. The highest BCUT2D eigenvalue weighted by atomic mass is 19.4. The molecule has 0 aliphatic rings. The van der Waals surface area contributed by atoms with Crippen LogP contribution in [-0.2, 0) is 10.9 Å². The largest absolute Gasteiger partial charge is 0.465 e. The van der Waals surface area contributed by atoms with Crippen LogP contribution in [0.15, 0.2) is 48.7 Å². The summed E-state index contributed by atoms with van der Waals surface area (Å²) in [7, 11) is 1.28. The van der Waals surface area contributed by atoms with Gasteiger partial charge in [0.05, 0.1) is 18.2 Å². The predicted molar refractivity (Wildman–Crippen MR) is 90.1 cm³/mol. The van der Waals surface area contributed by atoms with Crippen molar-refractivity contribution in [2.24, 2.45) is 0 Å². The van der Waals surface area contributed by atoms with E-state index in [2.05, 4.69) is 15.5 Å². The predicted octanol–water partition coefficient (Wildman–Crippen LogP) is 3.75. The maximum atomic E-state index is 12.8. The average Bonchev–Trinajstić information content (AvgIpc) is 3.14. The van der Waals surface area contributed by atoms with E-state index in [-0.39, 0.29) is 0 Å². The molecule has 0 radical (unpaired) electrons. The standard InChI is InChI=1S/C18H11F3N4O2/c1-27-17(26)11-4-7-13-14(8-11)16-22-23-24-25(16)9-15(13)10-2-5-12(6-3-10)18(19,20)21/h2-9H,1H3. The Morgan fingerprint density at radius 2 is 1.81 bits per heavy atom. The number of alkyl halides is 3. The van der Waals surface area contributed by atoms with Crippen molar-refractivity contribution in [1.29, 1.82) is 0 Å². The van der Waals surface area contributed by atoms with Crippen molar-refractivity contribution in [2.45, 2.75) is 6.18 Å². The molecule has 0 saturated carbocycles. The first kappa shape index (κ1) is 17.0. The van der Waals surface area contributed by atoms with E-state index in [0.717, 1.165) is 12.1 Å². The van der Waals surface area contributed by atoms with Gasteiger partial charge in [-0.1, -0.05) is 18.2 Å². The molecule has 6 nitrogen and oxygen atoms in total. The van der Waals surface area contributed by atoms with E-state index in [0.29, 0.717) is 33.1 Å². The van der Waals surface area contributed by atoms with Crippen LogP contribution in [0.3, 0.4) is 0 Å². The zero-order valence-electron chi connectivity index (χ0n) is 13.9. The normalized spacial score (nSPS) is 11.9. The number of carbonyl (C=O) groups excluding carboxylic acids is 1. The van der Waals surface area contributed by atoms with Crippen molar-refractivity contribution in [3.05, 3.63) is 59.8 Å². The van der Waals surface area contributed by atoms with E-state index < -0.39 is 17.7 Å². The second-order valence-electron chi connectivity index (χ2n) is 5.82. The smallest absolute Gasteiger partial charge is 0.416 e. The Morgan fingerprint density at radius 1 is 1.07 bits per heavy atom. The van der Waals surface area contributed by atoms with Crippen LogP contribution >= 0.6 is 0 Å². The minimum absolute atomic E-state index is 0.319. The molecule has 0 amide bonds. The Hall–Kier alpha value is -3.49. The van der Waals surface area contributed by atoms with Gasteiger partial charge in [-0.05, 0) is 45.6 Å². The van der Waals surface area contributed by atoms with Crippen molar-refractivity contribution in [3.63, 3.8) is 0 Å². The summed E-state index contributed by atoms with van der Waals surface area (Å²) in [6.07, 6.45) is -2.77. The maximum absolute atomic E-state index is 12.8. The highest BCUT2D eigenvalue weighted by molar-refractivity contribution is 6.06. The van der Waals surface area contributed by atoms with E-state index in [1.54, 1.807) is 24.4 Å². The summed E-state index contributed by atoms with van der Waals surface area (Å²) < 4.78 is 44.6. The van der Waals surface area contributed by atoms with E-state index >= 15 is 0 Å². The number of hydrogen-bond donors (Lipinski definition) is 0. The first-order valence-corrected chi connectivity index (χ1v) is 7.79. The highest BCUT2D eigenvalue weighted by Crippen LogP contribution is 2.34. The summed E-state index contributed by atoms with van der Waals surface area (Å²) in [4.78, 5) is 11.8. The second-order valence-corrected chi connectivity index (χ2v) is 5.82. The van der Waals surface area contributed by atoms with Gasteiger partial charge in [-0.2, -0.15) is 17.7 Å². The van der Waals surface area contributed by atoms with Gasteiger partial charge in [0.1, 0.15) is 0 Å². The van der Waals surface area contributed by atoms with E-state index in [4.69, 9.17) is 4.74 Å². The Labute approximate surface area is 150 Å². The molecular weight excluding hydrogens is 361 g/mol. The molecule has 0 saturated heterocycles. The third kappa shape index (κ3) is 2.86. The zero-order valence-corrected chi connectivity index (χ0v) is 13.9. The SMILES string of the molecule is COC(=O)c1ccc2c(-c3ccc(C(F)(F)F)cc3)cn3nnnc3c2c1. The monoisotopic (exact) mass is 372 g/mol. The van der Waals surface area contributed by atoms with Crippen molar-refractivity contribution in [2.75, 3.05) is 7.11 Å². The Bertz CT molecular complexity index is 1170. The average molecular weight is 372 g/mol. The lowest BCUT2D eigenvalue weighted by atomic mass is 9.98. The highest BCUT2D eigenvalue weighted by Gasteiger charge is 2.30. The molecule has 0 atom stereocenters. The number of ether oxygens (including phenoxy) is 1. The summed E-state index contributed by atoms with van der Waals surface area (Å²) in [5.41, 5.74) is 1.21. The summed E-state index contributed by atoms with van der Waals surface area (Å²) in [6.45, 7) is 0. The van der Waals surface area contributed by atoms with Gasteiger partial charge in [0.25, 0.3) is 0 Å².